The molecule has 0 amide bonds. The minimum Gasteiger partial charge on any atom is -0.513 e. The molecule has 0 saturated heterocycles. The van der Waals surface area contributed by atoms with Crippen molar-refractivity contribution in [3.63, 3.8) is 0 Å². The quantitative estimate of drug-likeness (QED) is 0.528. The van der Waals surface area contributed by atoms with E-state index in [1.165, 1.54) is 6.42 Å². The Bertz CT molecular complexity index is 156. The molecule has 1 aliphatic rings. The van der Waals surface area contributed by atoms with Crippen molar-refractivity contribution in [2.75, 3.05) is 0 Å². The molecule has 0 unspecified atom stereocenters. The van der Waals surface area contributed by atoms with Crippen LogP contribution in [0.3, 0.4) is 0 Å². The zero-order chi connectivity index (χ0) is 7.94. The van der Waals surface area contributed by atoms with Crippen molar-refractivity contribution >= 4 is 0 Å². The minimum atomic E-state index is 0.584. The first kappa shape index (κ1) is 8.38. The molecule has 0 atom stereocenters. The second-order valence-corrected chi connectivity index (χ2v) is 2.99. The van der Waals surface area contributed by atoms with E-state index in [1.54, 1.807) is 0 Å². The van der Waals surface area contributed by atoms with Gasteiger partial charge in [0.25, 0.3) is 0 Å². The summed E-state index contributed by atoms with van der Waals surface area (Å²) in [5.74, 6) is 0.584. The topological polar surface area (TPSA) is 20.2 Å². The molecule has 11 heavy (non-hydrogen) atoms. The molecule has 0 bridgehead atoms. The summed E-state index contributed by atoms with van der Waals surface area (Å²) in [4.78, 5) is 0. The van der Waals surface area contributed by atoms with Crippen LogP contribution in [-0.4, -0.2) is 5.11 Å². The Morgan fingerprint density at radius 1 is 1.00 bits per heavy atom. The van der Waals surface area contributed by atoms with Gasteiger partial charge in [-0.3, -0.25) is 0 Å². The van der Waals surface area contributed by atoms with E-state index in [2.05, 4.69) is 12.2 Å². The second kappa shape index (κ2) is 5.00. The maximum absolute atomic E-state index is 9.27. The molecule has 1 N–H and O–H groups in total. The Morgan fingerprint density at radius 3 is 2.55 bits per heavy atom. The summed E-state index contributed by atoms with van der Waals surface area (Å²) < 4.78 is 0. The Balaban J connectivity index is 2.34. The van der Waals surface area contributed by atoms with Gasteiger partial charge in [-0.15, -0.1) is 0 Å². The molecule has 0 saturated carbocycles. The van der Waals surface area contributed by atoms with E-state index in [1.807, 2.05) is 6.08 Å². The van der Waals surface area contributed by atoms with E-state index in [9.17, 15) is 5.11 Å². The predicted octanol–water partition coefficient (Wildman–Crippen LogP) is 3.34. The van der Waals surface area contributed by atoms with Crippen LogP contribution in [0.5, 0.6) is 0 Å². The van der Waals surface area contributed by atoms with Gasteiger partial charge in [0.2, 0.25) is 0 Å². The number of hydrogen-bond donors (Lipinski definition) is 1. The van der Waals surface area contributed by atoms with Crippen LogP contribution in [0, 0.1) is 0 Å². The summed E-state index contributed by atoms with van der Waals surface area (Å²) in [5, 5.41) is 9.27. The van der Waals surface area contributed by atoms with Gasteiger partial charge in [0.15, 0.2) is 0 Å². The van der Waals surface area contributed by atoms with Crippen LogP contribution in [0.2, 0.25) is 0 Å². The normalized spacial score (nSPS) is 28.5. The first-order valence-corrected chi connectivity index (χ1v) is 4.42. The first-order chi connectivity index (χ1) is 5.39. The van der Waals surface area contributed by atoms with Crippen molar-refractivity contribution in [1.29, 1.82) is 0 Å². The summed E-state index contributed by atoms with van der Waals surface area (Å²) in [6, 6.07) is 0. The molecular weight excluding hydrogens is 136 g/mol. The third kappa shape index (κ3) is 3.87. The zero-order valence-electron chi connectivity index (χ0n) is 6.92. The summed E-state index contributed by atoms with van der Waals surface area (Å²) in [7, 11) is 0. The second-order valence-electron chi connectivity index (χ2n) is 2.99. The van der Waals surface area contributed by atoms with Crippen molar-refractivity contribution in [3.8, 4) is 0 Å². The average molecular weight is 152 g/mol. The Hall–Kier alpha value is -0.720. The molecule has 0 aliphatic heterocycles. The van der Waals surface area contributed by atoms with Gasteiger partial charge in [-0.2, -0.15) is 0 Å². The van der Waals surface area contributed by atoms with Crippen molar-refractivity contribution in [2.24, 2.45) is 0 Å². The lowest BCUT2D eigenvalue weighted by molar-refractivity contribution is 0.380. The Morgan fingerprint density at radius 2 is 1.73 bits per heavy atom. The molecule has 0 aromatic rings. The molecule has 0 aromatic carbocycles. The maximum Gasteiger partial charge on any atom is 0.0882 e. The van der Waals surface area contributed by atoms with Crippen molar-refractivity contribution in [1.82, 2.24) is 0 Å². The lowest BCUT2D eigenvalue weighted by Crippen LogP contribution is -1.84. The summed E-state index contributed by atoms with van der Waals surface area (Å²) in [6.45, 7) is 0. The van der Waals surface area contributed by atoms with Crippen LogP contribution >= 0.6 is 0 Å². The molecule has 0 heterocycles. The van der Waals surface area contributed by atoms with E-state index in [4.69, 9.17) is 0 Å². The highest BCUT2D eigenvalue weighted by Gasteiger charge is 1.93. The number of rotatable bonds is 0. The lowest BCUT2D eigenvalue weighted by atomic mass is 10.1. The van der Waals surface area contributed by atoms with Gasteiger partial charge < -0.3 is 5.11 Å². The van der Waals surface area contributed by atoms with Gasteiger partial charge in [-0.25, -0.2) is 0 Å². The summed E-state index contributed by atoms with van der Waals surface area (Å²) >= 11 is 0. The Kier molecular flexibility index (Phi) is 3.81. The van der Waals surface area contributed by atoms with Gasteiger partial charge in [0, 0.05) is 6.42 Å². The van der Waals surface area contributed by atoms with E-state index < -0.39 is 0 Å². The molecule has 0 radical (unpaired) electrons. The van der Waals surface area contributed by atoms with E-state index >= 15 is 0 Å². The fourth-order valence-electron chi connectivity index (χ4n) is 1.24. The number of aliphatic hydroxyl groups excluding tert-OH is 1. The highest BCUT2D eigenvalue weighted by atomic mass is 16.3. The third-order valence-electron chi connectivity index (χ3n) is 1.93. The molecule has 0 fully saturated rings. The summed E-state index contributed by atoms with van der Waals surface area (Å²) in [6.07, 6.45) is 12.8. The third-order valence-corrected chi connectivity index (χ3v) is 1.93. The van der Waals surface area contributed by atoms with Gasteiger partial charge in [0.05, 0.1) is 5.76 Å². The average Bonchev–Trinajstić information content (AvgIpc) is 2.03. The highest BCUT2D eigenvalue weighted by Crippen LogP contribution is 2.10. The van der Waals surface area contributed by atoms with Crippen LogP contribution in [0.4, 0.5) is 0 Å². The van der Waals surface area contributed by atoms with Crippen LogP contribution < -0.4 is 0 Å². The van der Waals surface area contributed by atoms with Crippen LogP contribution in [0.1, 0.15) is 38.5 Å². The van der Waals surface area contributed by atoms with Gasteiger partial charge >= 0.3 is 0 Å². The van der Waals surface area contributed by atoms with Crippen LogP contribution in [-0.2, 0) is 0 Å². The van der Waals surface area contributed by atoms with Crippen LogP contribution in [0.25, 0.3) is 0 Å². The van der Waals surface area contributed by atoms with Crippen molar-refractivity contribution in [3.05, 3.63) is 24.0 Å². The van der Waals surface area contributed by atoms with Gasteiger partial charge in [-0.1, -0.05) is 12.2 Å². The fraction of sp³-hybridized carbons (Fsp3) is 0.600. The smallest absolute Gasteiger partial charge is 0.0882 e. The fourth-order valence-corrected chi connectivity index (χ4v) is 1.24. The number of aliphatic hydroxyl groups is 1. The number of hydrogen-bond acceptors (Lipinski definition) is 1. The highest BCUT2D eigenvalue weighted by molar-refractivity contribution is 4.94. The minimum absolute atomic E-state index is 0.584. The molecule has 1 aliphatic carbocycles. The molecular formula is C10H16O. The molecule has 1 rings (SSSR count). The lowest BCUT2D eigenvalue weighted by Gasteiger charge is -2.00. The summed E-state index contributed by atoms with van der Waals surface area (Å²) in [5.41, 5.74) is 0. The number of allylic oxidation sites excluding steroid dienone is 4. The van der Waals surface area contributed by atoms with E-state index in [0.29, 0.717) is 5.76 Å². The predicted molar refractivity (Wildman–Crippen MR) is 47.6 cm³/mol. The largest absolute Gasteiger partial charge is 0.513 e. The van der Waals surface area contributed by atoms with E-state index in [0.717, 1.165) is 32.1 Å². The zero-order valence-corrected chi connectivity index (χ0v) is 6.92. The van der Waals surface area contributed by atoms with E-state index in [-0.39, 0.29) is 0 Å². The van der Waals surface area contributed by atoms with Gasteiger partial charge in [-0.05, 0) is 38.2 Å². The molecule has 1 heteroatoms. The Labute approximate surface area is 68.4 Å². The molecule has 0 spiro atoms. The van der Waals surface area contributed by atoms with Crippen LogP contribution in [0.15, 0.2) is 24.0 Å². The first-order valence-electron chi connectivity index (χ1n) is 4.42. The SMILES string of the molecule is O/C1=C/CCC/C=C\CCC1. The van der Waals surface area contributed by atoms with Gasteiger partial charge in [0.1, 0.15) is 0 Å². The van der Waals surface area contributed by atoms with Crippen molar-refractivity contribution in [2.45, 2.75) is 38.5 Å². The molecule has 62 valence electrons. The monoisotopic (exact) mass is 152 g/mol. The molecule has 1 nitrogen and oxygen atoms in total. The van der Waals surface area contributed by atoms with Crippen molar-refractivity contribution < 1.29 is 5.11 Å². The standard InChI is InChI=1S/C10H16O/c11-10-8-6-4-2-1-3-5-7-9-10/h1-2,9,11H,3-8H2/b2-1-,10-9+. The molecule has 0 aromatic heterocycles. The maximum atomic E-state index is 9.27.